The molecule has 0 radical (unpaired) electrons. The molecular formula is C13H14S. The third-order valence-electron chi connectivity index (χ3n) is 2.57. The van der Waals surface area contributed by atoms with Gasteiger partial charge in [-0.2, -0.15) is 0 Å². The molecule has 0 aliphatic rings. The highest BCUT2D eigenvalue weighted by Crippen LogP contribution is 2.26. The van der Waals surface area contributed by atoms with Crippen LogP contribution in [-0.4, -0.2) is 0 Å². The maximum Gasteiger partial charge on any atom is 0.0342 e. The lowest BCUT2D eigenvalue weighted by Gasteiger charge is -2.08. The Morgan fingerprint density at radius 2 is 2.29 bits per heavy atom. The summed E-state index contributed by atoms with van der Waals surface area (Å²) in [4.78, 5) is 0. The first kappa shape index (κ1) is 9.47. The molecule has 0 saturated carbocycles. The number of rotatable bonds is 3. The van der Waals surface area contributed by atoms with E-state index in [2.05, 4.69) is 43.1 Å². The van der Waals surface area contributed by atoms with E-state index in [0.29, 0.717) is 5.92 Å². The first-order valence-corrected chi connectivity index (χ1v) is 5.77. The Morgan fingerprint density at radius 1 is 1.43 bits per heavy atom. The van der Waals surface area contributed by atoms with Gasteiger partial charge in [0, 0.05) is 4.70 Å². The molecule has 0 spiro atoms. The fraction of sp³-hybridized carbons (Fsp3) is 0.231. The van der Waals surface area contributed by atoms with Crippen LogP contribution in [-0.2, 0) is 0 Å². The Balaban J connectivity index is 2.38. The van der Waals surface area contributed by atoms with Crippen molar-refractivity contribution in [2.24, 2.45) is 0 Å². The highest BCUT2D eigenvalue weighted by molar-refractivity contribution is 7.17. The summed E-state index contributed by atoms with van der Waals surface area (Å²) in [5.41, 5.74) is 1.41. The van der Waals surface area contributed by atoms with Crippen molar-refractivity contribution in [1.82, 2.24) is 0 Å². The van der Waals surface area contributed by atoms with E-state index in [1.807, 2.05) is 6.08 Å². The molecule has 0 amide bonds. The predicted molar refractivity (Wildman–Crippen MR) is 65.1 cm³/mol. The minimum Gasteiger partial charge on any atom is -0.144 e. The highest BCUT2D eigenvalue weighted by atomic mass is 32.1. The lowest BCUT2D eigenvalue weighted by Crippen LogP contribution is -1.90. The van der Waals surface area contributed by atoms with Crippen LogP contribution >= 0.6 is 11.3 Å². The Hall–Kier alpha value is -1.08. The highest BCUT2D eigenvalue weighted by Gasteiger charge is 2.04. The van der Waals surface area contributed by atoms with Crippen molar-refractivity contribution >= 4 is 21.4 Å². The van der Waals surface area contributed by atoms with Crippen LogP contribution < -0.4 is 0 Å². The van der Waals surface area contributed by atoms with Crippen molar-refractivity contribution in [3.8, 4) is 0 Å². The summed E-state index contributed by atoms with van der Waals surface area (Å²) >= 11 is 1.80. The van der Waals surface area contributed by atoms with Gasteiger partial charge in [0.25, 0.3) is 0 Å². The second-order valence-electron chi connectivity index (χ2n) is 3.64. The molecule has 0 aliphatic carbocycles. The molecule has 2 rings (SSSR count). The summed E-state index contributed by atoms with van der Waals surface area (Å²) < 4.78 is 1.37. The van der Waals surface area contributed by atoms with Crippen molar-refractivity contribution in [2.75, 3.05) is 0 Å². The van der Waals surface area contributed by atoms with Crippen molar-refractivity contribution in [1.29, 1.82) is 0 Å². The molecule has 1 aromatic carbocycles. The standard InChI is InChI=1S/C13H14S/c1-3-4-10(2)11-5-6-13-12(9-11)7-8-14-13/h3,5-10H,1,4H2,2H3. The minimum atomic E-state index is 0.580. The van der Waals surface area contributed by atoms with E-state index in [-0.39, 0.29) is 0 Å². The van der Waals surface area contributed by atoms with Crippen molar-refractivity contribution in [3.63, 3.8) is 0 Å². The number of fused-ring (bicyclic) bond motifs is 1. The minimum absolute atomic E-state index is 0.580. The molecular weight excluding hydrogens is 188 g/mol. The van der Waals surface area contributed by atoms with Crippen LogP contribution in [0.25, 0.3) is 10.1 Å². The first-order chi connectivity index (χ1) is 6.81. The lowest BCUT2D eigenvalue weighted by atomic mass is 9.97. The van der Waals surface area contributed by atoms with Crippen LogP contribution in [0.1, 0.15) is 24.8 Å². The predicted octanol–water partition coefficient (Wildman–Crippen LogP) is 4.58. The fourth-order valence-electron chi connectivity index (χ4n) is 1.68. The molecule has 0 aliphatic heterocycles. The zero-order valence-electron chi connectivity index (χ0n) is 8.36. The SMILES string of the molecule is C=CCC(C)c1ccc2sccc2c1. The van der Waals surface area contributed by atoms with Gasteiger partial charge in [-0.3, -0.25) is 0 Å². The molecule has 0 N–H and O–H groups in total. The van der Waals surface area contributed by atoms with E-state index in [1.54, 1.807) is 11.3 Å². The van der Waals surface area contributed by atoms with Crippen molar-refractivity contribution < 1.29 is 0 Å². The van der Waals surface area contributed by atoms with Crippen LogP contribution in [0.15, 0.2) is 42.3 Å². The summed E-state index contributed by atoms with van der Waals surface area (Å²) in [6.07, 6.45) is 3.04. The van der Waals surface area contributed by atoms with Crippen molar-refractivity contribution in [2.45, 2.75) is 19.3 Å². The zero-order valence-corrected chi connectivity index (χ0v) is 9.18. The normalized spacial score (nSPS) is 12.9. The van der Waals surface area contributed by atoms with Gasteiger partial charge in [0.1, 0.15) is 0 Å². The van der Waals surface area contributed by atoms with Gasteiger partial charge in [0.2, 0.25) is 0 Å². The van der Waals surface area contributed by atoms with Crippen LogP contribution in [0.4, 0.5) is 0 Å². The first-order valence-electron chi connectivity index (χ1n) is 4.89. The maximum absolute atomic E-state index is 3.78. The largest absolute Gasteiger partial charge is 0.144 e. The summed E-state index contributed by atoms with van der Waals surface area (Å²) in [5, 5.41) is 3.51. The molecule has 0 saturated heterocycles. The monoisotopic (exact) mass is 202 g/mol. The smallest absolute Gasteiger partial charge is 0.0342 e. The fourth-order valence-corrected chi connectivity index (χ4v) is 2.45. The second kappa shape index (κ2) is 3.97. The average molecular weight is 202 g/mol. The number of hydrogen-bond acceptors (Lipinski definition) is 1. The van der Waals surface area contributed by atoms with E-state index in [4.69, 9.17) is 0 Å². The Bertz CT molecular complexity index is 439. The number of allylic oxidation sites excluding steroid dienone is 1. The van der Waals surface area contributed by atoms with E-state index in [1.165, 1.54) is 15.6 Å². The molecule has 1 heteroatoms. The molecule has 2 aromatic rings. The van der Waals surface area contributed by atoms with E-state index in [9.17, 15) is 0 Å². The second-order valence-corrected chi connectivity index (χ2v) is 4.59. The van der Waals surface area contributed by atoms with Crippen LogP contribution in [0.5, 0.6) is 0 Å². The van der Waals surface area contributed by atoms with Gasteiger partial charge in [-0.1, -0.05) is 25.1 Å². The molecule has 1 atom stereocenters. The lowest BCUT2D eigenvalue weighted by molar-refractivity contribution is 0.783. The zero-order chi connectivity index (χ0) is 9.97. The van der Waals surface area contributed by atoms with Gasteiger partial charge in [-0.25, -0.2) is 0 Å². The van der Waals surface area contributed by atoms with E-state index < -0.39 is 0 Å². The molecule has 1 unspecified atom stereocenters. The summed E-state index contributed by atoms with van der Waals surface area (Å²) in [6, 6.07) is 8.92. The third kappa shape index (κ3) is 1.73. The Morgan fingerprint density at radius 3 is 3.07 bits per heavy atom. The topological polar surface area (TPSA) is 0 Å². The molecule has 14 heavy (non-hydrogen) atoms. The number of hydrogen-bond donors (Lipinski definition) is 0. The van der Waals surface area contributed by atoms with Gasteiger partial charge < -0.3 is 0 Å². The van der Waals surface area contributed by atoms with Gasteiger partial charge in [-0.05, 0) is 40.8 Å². The van der Waals surface area contributed by atoms with Crippen molar-refractivity contribution in [3.05, 3.63) is 47.9 Å². The molecule has 1 aromatic heterocycles. The van der Waals surface area contributed by atoms with Gasteiger partial charge in [0.15, 0.2) is 0 Å². The maximum atomic E-state index is 3.78. The summed E-state index contributed by atoms with van der Waals surface area (Å²) in [5.74, 6) is 0.580. The number of thiophene rings is 1. The van der Waals surface area contributed by atoms with Crippen LogP contribution in [0, 0.1) is 0 Å². The average Bonchev–Trinajstić information content (AvgIpc) is 2.64. The van der Waals surface area contributed by atoms with E-state index in [0.717, 1.165) is 6.42 Å². The van der Waals surface area contributed by atoms with Gasteiger partial charge >= 0.3 is 0 Å². The molecule has 0 fully saturated rings. The van der Waals surface area contributed by atoms with Crippen LogP contribution in [0.3, 0.4) is 0 Å². The van der Waals surface area contributed by atoms with Gasteiger partial charge in [-0.15, -0.1) is 17.9 Å². The van der Waals surface area contributed by atoms with E-state index >= 15 is 0 Å². The van der Waals surface area contributed by atoms with Gasteiger partial charge in [0.05, 0.1) is 0 Å². The Kier molecular flexibility index (Phi) is 2.69. The molecule has 0 bridgehead atoms. The summed E-state index contributed by atoms with van der Waals surface area (Å²) in [7, 11) is 0. The summed E-state index contributed by atoms with van der Waals surface area (Å²) in [6.45, 7) is 6.03. The molecule has 72 valence electrons. The number of benzene rings is 1. The van der Waals surface area contributed by atoms with Crippen LogP contribution in [0.2, 0.25) is 0 Å². The third-order valence-corrected chi connectivity index (χ3v) is 3.46. The molecule has 0 nitrogen and oxygen atoms in total. The quantitative estimate of drug-likeness (QED) is 0.639. The molecule has 1 heterocycles. The Labute approximate surface area is 88.9 Å².